The molecule has 7 heteroatoms. The molecule has 1 atom stereocenters. The molecule has 1 unspecified atom stereocenters. The van der Waals surface area contributed by atoms with Crippen LogP contribution < -0.4 is 10.1 Å². The van der Waals surface area contributed by atoms with E-state index < -0.39 is 11.9 Å². The van der Waals surface area contributed by atoms with Gasteiger partial charge in [-0.05, 0) is 35.6 Å². The summed E-state index contributed by atoms with van der Waals surface area (Å²) in [5, 5.41) is 4.70. The Labute approximate surface area is 240 Å². The Kier molecular flexibility index (Phi) is 5.63. The Morgan fingerprint density at radius 2 is 1.62 bits per heavy atom. The third-order valence-corrected chi connectivity index (χ3v) is 9.53. The first kappa shape index (κ1) is 25.0. The fourth-order valence-corrected chi connectivity index (χ4v) is 7.53. The van der Waals surface area contributed by atoms with Gasteiger partial charge in [0.1, 0.15) is 10.6 Å². The number of thiophene rings is 1. The molecule has 2 heterocycles. The molecule has 3 aliphatic rings. The van der Waals surface area contributed by atoms with E-state index in [2.05, 4.69) is 19.2 Å². The highest BCUT2D eigenvalue weighted by Gasteiger charge is 2.46. The van der Waals surface area contributed by atoms with Crippen LogP contribution in [0, 0.1) is 5.41 Å². The number of rotatable bonds is 3. The van der Waals surface area contributed by atoms with Gasteiger partial charge in [-0.3, -0.25) is 9.59 Å². The predicted molar refractivity (Wildman–Crippen MR) is 157 cm³/mol. The maximum Gasteiger partial charge on any atom is 0.355 e. The zero-order valence-corrected chi connectivity index (χ0v) is 23.4. The summed E-state index contributed by atoms with van der Waals surface area (Å²) >= 11 is 7.77. The number of carbonyl (C=O) groups excluding carboxylic acids is 3. The van der Waals surface area contributed by atoms with E-state index >= 15 is 0 Å². The van der Waals surface area contributed by atoms with Crippen molar-refractivity contribution in [2.45, 2.75) is 32.6 Å². The Hall–Kier alpha value is -4.00. The number of halogens is 1. The summed E-state index contributed by atoms with van der Waals surface area (Å²) in [6.07, 6.45) is 1.13. The van der Waals surface area contributed by atoms with Crippen molar-refractivity contribution in [1.82, 2.24) is 5.32 Å². The zero-order valence-electron chi connectivity index (χ0n) is 21.8. The molecule has 7 rings (SSSR count). The van der Waals surface area contributed by atoms with Crippen LogP contribution in [0.15, 0.2) is 89.6 Å². The van der Waals surface area contributed by atoms with Crippen LogP contribution in [0.25, 0.3) is 15.8 Å². The molecule has 0 radical (unpaired) electrons. The number of dihydropyridines is 1. The van der Waals surface area contributed by atoms with E-state index in [4.69, 9.17) is 16.3 Å². The third kappa shape index (κ3) is 3.86. The summed E-state index contributed by atoms with van der Waals surface area (Å²) in [5.41, 5.74) is 5.03. The second kappa shape index (κ2) is 9.01. The number of Topliss-reactive ketones (excluding diaryl/α,β-unsaturated/α-hetero) is 2. The standard InChI is InChI=1S/C33H24ClNO4S/c1-33(2)15-22-26(23(36)16-33)25(27-29(35-22)19-7-3-4-8-20(19)30(27)37)17-11-13-18(14-12-17)39-32(38)31-28(34)21-9-5-6-10-24(21)40-31/h3-14,25,35H,15-16H2,1-2H3. The number of hydrogen-bond donors (Lipinski definition) is 1. The SMILES string of the molecule is CC1(C)CC(=O)C2=C(C1)NC1=C(C(=O)c3ccccc31)C2c1ccc(OC(=O)c2sc3ccccc3c2Cl)cc1. The van der Waals surface area contributed by atoms with E-state index in [1.54, 1.807) is 12.1 Å². The van der Waals surface area contributed by atoms with E-state index in [0.29, 0.717) is 45.2 Å². The lowest BCUT2D eigenvalue weighted by atomic mass is 9.68. The largest absolute Gasteiger partial charge is 0.422 e. The lowest BCUT2D eigenvalue weighted by Crippen LogP contribution is -2.37. The van der Waals surface area contributed by atoms with Crippen molar-refractivity contribution in [3.63, 3.8) is 0 Å². The molecular weight excluding hydrogens is 542 g/mol. The zero-order chi connectivity index (χ0) is 27.8. The van der Waals surface area contributed by atoms with Crippen LogP contribution in [0.3, 0.4) is 0 Å². The molecule has 0 fully saturated rings. The first-order valence-electron chi connectivity index (χ1n) is 13.1. The molecule has 0 bridgehead atoms. The number of allylic oxidation sites excluding steroid dienone is 3. The average molecular weight is 566 g/mol. The monoisotopic (exact) mass is 565 g/mol. The quantitative estimate of drug-likeness (QED) is 0.203. The van der Waals surface area contributed by atoms with Gasteiger partial charge in [0.25, 0.3) is 0 Å². The number of nitrogens with one attached hydrogen (secondary N) is 1. The van der Waals surface area contributed by atoms with E-state index in [1.165, 1.54) is 11.3 Å². The highest BCUT2D eigenvalue weighted by atomic mass is 35.5. The second-order valence-electron chi connectivity index (χ2n) is 11.3. The molecule has 0 amide bonds. The maximum absolute atomic E-state index is 13.7. The molecule has 5 nitrogen and oxygen atoms in total. The van der Waals surface area contributed by atoms with Crippen LogP contribution in [0.1, 0.15) is 63.8 Å². The second-order valence-corrected chi connectivity index (χ2v) is 12.7. The molecule has 0 saturated heterocycles. The van der Waals surface area contributed by atoms with Crippen molar-refractivity contribution in [1.29, 1.82) is 0 Å². The first-order chi connectivity index (χ1) is 19.2. The third-order valence-electron chi connectivity index (χ3n) is 7.87. The molecule has 198 valence electrons. The average Bonchev–Trinajstić information content (AvgIpc) is 3.42. The van der Waals surface area contributed by atoms with Crippen LogP contribution in [0.2, 0.25) is 5.02 Å². The Balaban J connectivity index is 1.26. The number of benzene rings is 3. The van der Waals surface area contributed by atoms with Crippen LogP contribution in [-0.2, 0) is 4.79 Å². The van der Waals surface area contributed by atoms with E-state index in [1.807, 2.05) is 60.7 Å². The van der Waals surface area contributed by atoms with Crippen molar-refractivity contribution in [3.05, 3.63) is 116 Å². The minimum atomic E-state index is -0.526. The van der Waals surface area contributed by atoms with Crippen LogP contribution in [0.5, 0.6) is 5.75 Å². The van der Waals surface area contributed by atoms with Gasteiger partial charge < -0.3 is 10.1 Å². The molecule has 40 heavy (non-hydrogen) atoms. The topological polar surface area (TPSA) is 72.5 Å². The van der Waals surface area contributed by atoms with Gasteiger partial charge in [0.15, 0.2) is 11.6 Å². The number of carbonyl (C=O) groups is 3. The maximum atomic E-state index is 13.7. The molecular formula is C33H24ClNO4S. The lowest BCUT2D eigenvalue weighted by Gasteiger charge is -2.39. The molecule has 1 aliphatic heterocycles. The molecule has 1 aromatic heterocycles. The molecule has 2 aliphatic carbocycles. The van der Waals surface area contributed by atoms with Crippen molar-refractivity contribution in [2.24, 2.45) is 5.41 Å². The van der Waals surface area contributed by atoms with Gasteiger partial charge in [-0.25, -0.2) is 4.79 Å². The fraction of sp³-hybridized carbons (Fsp3) is 0.182. The normalized spacial score (nSPS) is 19.3. The van der Waals surface area contributed by atoms with Crippen molar-refractivity contribution in [2.75, 3.05) is 0 Å². The Morgan fingerprint density at radius 1 is 0.925 bits per heavy atom. The van der Waals surface area contributed by atoms with Crippen LogP contribution in [-0.4, -0.2) is 17.5 Å². The minimum absolute atomic E-state index is 0.0500. The van der Waals surface area contributed by atoms with Gasteiger partial charge in [-0.1, -0.05) is 80.0 Å². The lowest BCUT2D eigenvalue weighted by molar-refractivity contribution is -0.118. The highest BCUT2D eigenvalue weighted by molar-refractivity contribution is 7.21. The molecule has 0 spiro atoms. The first-order valence-corrected chi connectivity index (χ1v) is 14.3. The van der Waals surface area contributed by atoms with Crippen molar-refractivity contribution in [3.8, 4) is 5.75 Å². The van der Waals surface area contributed by atoms with Crippen molar-refractivity contribution >= 4 is 56.3 Å². The summed E-state index contributed by atoms with van der Waals surface area (Å²) in [7, 11) is 0. The summed E-state index contributed by atoms with van der Waals surface area (Å²) in [6.45, 7) is 4.18. The van der Waals surface area contributed by atoms with Crippen LogP contribution >= 0.6 is 22.9 Å². The summed E-state index contributed by atoms with van der Waals surface area (Å²) in [6, 6.07) is 22.2. The van der Waals surface area contributed by atoms with Gasteiger partial charge >= 0.3 is 5.97 Å². The molecule has 1 N–H and O–H groups in total. The van der Waals surface area contributed by atoms with Crippen molar-refractivity contribution < 1.29 is 19.1 Å². The van der Waals surface area contributed by atoms with Gasteiger partial charge in [-0.2, -0.15) is 0 Å². The minimum Gasteiger partial charge on any atom is -0.422 e. The highest BCUT2D eigenvalue weighted by Crippen LogP contribution is 2.51. The Bertz CT molecular complexity index is 1840. The van der Waals surface area contributed by atoms with E-state index in [-0.39, 0.29) is 17.0 Å². The molecule has 4 aromatic rings. The predicted octanol–water partition coefficient (Wildman–Crippen LogP) is 7.71. The van der Waals surface area contributed by atoms with Gasteiger partial charge in [0.2, 0.25) is 0 Å². The number of fused-ring (bicyclic) bond motifs is 3. The number of hydrogen-bond acceptors (Lipinski definition) is 6. The molecule has 3 aromatic carbocycles. The molecule has 0 saturated carbocycles. The van der Waals surface area contributed by atoms with Gasteiger partial charge in [-0.15, -0.1) is 11.3 Å². The summed E-state index contributed by atoms with van der Waals surface area (Å²) in [5.74, 6) is -0.689. The number of esters is 1. The van der Waals surface area contributed by atoms with Gasteiger partial charge in [0, 0.05) is 50.4 Å². The van der Waals surface area contributed by atoms with Gasteiger partial charge in [0.05, 0.1) is 10.7 Å². The Morgan fingerprint density at radius 3 is 2.38 bits per heavy atom. The smallest absolute Gasteiger partial charge is 0.355 e. The fourth-order valence-electron chi connectivity index (χ4n) is 6.15. The summed E-state index contributed by atoms with van der Waals surface area (Å²) in [4.78, 5) is 40.6. The number of ether oxygens (including phenoxy) is 1. The van der Waals surface area contributed by atoms with E-state index in [0.717, 1.165) is 32.6 Å². The van der Waals surface area contributed by atoms with Crippen LogP contribution in [0.4, 0.5) is 0 Å². The van der Waals surface area contributed by atoms with E-state index in [9.17, 15) is 14.4 Å². The number of ketones is 2. The summed E-state index contributed by atoms with van der Waals surface area (Å²) < 4.78 is 6.60.